The molecule has 4 rings (SSSR count). The van der Waals surface area contributed by atoms with Crippen LogP contribution in [0.4, 0.5) is 0 Å². The van der Waals surface area contributed by atoms with Crippen molar-refractivity contribution in [1.82, 2.24) is 14.8 Å². The standard InChI is InChI=1S/C21H18BrN3O3S2/c1-2-25-20(27)18(30-21(25)29)8-13-11-24(17-6-5-14(22)9-16(13)17)12-19(26)23-10-15-4-3-7-28-15/h3-9,11H,2,10,12H2,1H3,(H,23,26)/b18-8-. The minimum absolute atomic E-state index is 0.0837. The maximum absolute atomic E-state index is 12.6. The summed E-state index contributed by atoms with van der Waals surface area (Å²) in [6.45, 7) is 2.94. The molecule has 0 atom stereocenters. The van der Waals surface area contributed by atoms with Crippen molar-refractivity contribution in [2.24, 2.45) is 0 Å². The first kappa shape index (κ1) is 20.9. The van der Waals surface area contributed by atoms with E-state index in [2.05, 4.69) is 21.2 Å². The van der Waals surface area contributed by atoms with Crippen LogP contribution in [0, 0.1) is 0 Å². The number of nitrogens with zero attached hydrogens (tertiary/aromatic N) is 2. The molecule has 30 heavy (non-hydrogen) atoms. The number of benzene rings is 1. The molecule has 1 aromatic carbocycles. The molecule has 0 bridgehead atoms. The summed E-state index contributed by atoms with van der Waals surface area (Å²) < 4.78 is 8.62. The first-order chi connectivity index (χ1) is 14.5. The van der Waals surface area contributed by atoms with Crippen LogP contribution in [-0.4, -0.2) is 32.1 Å². The van der Waals surface area contributed by atoms with E-state index in [0.29, 0.717) is 28.1 Å². The fourth-order valence-electron chi connectivity index (χ4n) is 3.27. The average Bonchev–Trinajstić information content (AvgIpc) is 3.41. The molecule has 1 aliphatic rings. The number of hydrogen-bond acceptors (Lipinski definition) is 5. The van der Waals surface area contributed by atoms with Gasteiger partial charge in [0.05, 0.1) is 17.7 Å². The van der Waals surface area contributed by atoms with Gasteiger partial charge in [0.2, 0.25) is 5.91 Å². The van der Waals surface area contributed by atoms with E-state index in [-0.39, 0.29) is 18.4 Å². The van der Waals surface area contributed by atoms with E-state index >= 15 is 0 Å². The maximum Gasteiger partial charge on any atom is 0.266 e. The van der Waals surface area contributed by atoms with Crippen molar-refractivity contribution in [3.63, 3.8) is 0 Å². The number of thioether (sulfide) groups is 1. The summed E-state index contributed by atoms with van der Waals surface area (Å²) in [5, 5.41) is 3.81. The lowest BCUT2D eigenvalue weighted by molar-refractivity contribution is -0.122. The van der Waals surface area contributed by atoms with Crippen LogP contribution < -0.4 is 5.32 Å². The smallest absolute Gasteiger partial charge is 0.266 e. The number of amides is 2. The minimum atomic E-state index is -0.130. The Morgan fingerprint density at radius 2 is 2.20 bits per heavy atom. The number of carbonyl (C=O) groups is 2. The Kier molecular flexibility index (Phi) is 6.12. The number of carbonyl (C=O) groups excluding carboxylic acids is 2. The van der Waals surface area contributed by atoms with Crippen molar-refractivity contribution in [2.75, 3.05) is 6.54 Å². The third kappa shape index (κ3) is 4.23. The van der Waals surface area contributed by atoms with Crippen LogP contribution in [0.2, 0.25) is 0 Å². The number of nitrogens with one attached hydrogen (secondary N) is 1. The van der Waals surface area contributed by atoms with Crippen molar-refractivity contribution < 1.29 is 14.0 Å². The fraction of sp³-hybridized carbons (Fsp3) is 0.190. The molecule has 0 saturated carbocycles. The molecular weight excluding hydrogens is 486 g/mol. The zero-order valence-corrected chi connectivity index (χ0v) is 19.3. The molecule has 6 nitrogen and oxygen atoms in total. The van der Waals surface area contributed by atoms with Gasteiger partial charge >= 0.3 is 0 Å². The summed E-state index contributed by atoms with van der Waals surface area (Å²) in [6.07, 6.45) is 5.31. The van der Waals surface area contributed by atoms with Crippen LogP contribution in [0.3, 0.4) is 0 Å². The van der Waals surface area contributed by atoms with Gasteiger partial charge in [-0.05, 0) is 43.3 Å². The highest BCUT2D eigenvalue weighted by Crippen LogP contribution is 2.34. The number of hydrogen-bond donors (Lipinski definition) is 1. The van der Waals surface area contributed by atoms with Crippen LogP contribution in [0.1, 0.15) is 18.2 Å². The van der Waals surface area contributed by atoms with Crippen molar-refractivity contribution >= 4 is 73.0 Å². The monoisotopic (exact) mass is 503 g/mol. The molecule has 0 aliphatic carbocycles. The lowest BCUT2D eigenvalue weighted by Crippen LogP contribution is -2.27. The zero-order chi connectivity index (χ0) is 21.3. The molecule has 0 spiro atoms. The van der Waals surface area contributed by atoms with Crippen LogP contribution in [0.15, 0.2) is 56.6 Å². The maximum atomic E-state index is 12.6. The van der Waals surface area contributed by atoms with E-state index in [0.717, 1.165) is 20.9 Å². The first-order valence-corrected chi connectivity index (χ1v) is 11.3. The topological polar surface area (TPSA) is 67.5 Å². The van der Waals surface area contributed by atoms with Crippen LogP contribution >= 0.6 is 39.9 Å². The highest BCUT2D eigenvalue weighted by molar-refractivity contribution is 9.10. The summed E-state index contributed by atoms with van der Waals surface area (Å²) in [5.41, 5.74) is 1.77. The molecule has 3 aromatic rings. The van der Waals surface area contributed by atoms with Crippen molar-refractivity contribution in [1.29, 1.82) is 0 Å². The molecule has 0 radical (unpaired) electrons. The van der Waals surface area contributed by atoms with E-state index in [4.69, 9.17) is 16.6 Å². The molecule has 1 saturated heterocycles. The lowest BCUT2D eigenvalue weighted by atomic mass is 10.1. The zero-order valence-electron chi connectivity index (χ0n) is 16.1. The van der Waals surface area contributed by atoms with Crippen LogP contribution in [0.5, 0.6) is 0 Å². The minimum Gasteiger partial charge on any atom is -0.467 e. The van der Waals surface area contributed by atoms with E-state index in [9.17, 15) is 9.59 Å². The van der Waals surface area contributed by atoms with Crippen molar-refractivity contribution in [3.05, 3.63) is 63.5 Å². The SMILES string of the molecule is CCN1C(=O)/C(=C/c2cn(CC(=O)NCc3ccco3)c3ccc(Br)cc23)SC1=S. The first-order valence-electron chi connectivity index (χ1n) is 9.29. The molecule has 9 heteroatoms. The summed E-state index contributed by atoms with van der Waals surface area (Å²) in [4.78, 5) is 27.2. The summed E-state index contributed by atoms with van der Waals surface area (Å²) in [5.74, 6) is 0.484. The Bertz CT molecular complexity index is 1170. The van der Waals surface area contributed by atoms with Gasteiger partial charge in [-0.2, -0.15) is 0 Å². The third-order valence-electron chi connectivity index (χ3n) is 4.70. The van der Waals surface area contributed by atoms with Gasteiger partial charge < -0.3 is 14.3 Å². The van der Waals surface area contributed by atoms with E-state index in [1.54, 1.807) is 17.2 Å². The largest absolute Gasteiger partial charge is 0.467 e. The Morgan fingerprint density at radius 3 is 2.90 bits per heavy atom. The van der Waals surface area contributed by atoms with Gasteiger partial charge in [-0.15, -0.1) is 0 Å². The molecule has 1 fully saturated rings. The van der Waals surface area contributed by atoms with E-state index < -0.39 is 0 Å². The summed E-state index contributed by atoms with van der Waals surface area (Å²) >= 11 is 10.1. The van der Waals surface area contributed by atoms with Gasteiger partial charge in [0.1, 0.15) is 16.6 Å². The molecule has 2 aromatic heterocycles. The van der Waals surface area contributed by atoms with Crippen LogP contribution in [-0.2, 0) is 22.7 Å². The Balaban J connectivity index is 1.62. The van der Waals surface area contributed by atoms with Crippen LogP contribution in [0.25, 0.3) is 17.0 Å². The molecule has 154 valence electrons. The Labute approximate surface area is 191 Å². The van der Waals surface area contributed by atoms with Gasteiger partial charge in [-0.3, -0.25) is 14.5 Å². The predicted molar refractivity (Wildman–Crippen MR) is 126 cm³/mol. The normalized spacial score (nSPS) is 15.5. The van der Waals surface area contributed by atoms with Crippen molar-refractivity contribution in [2.45, 2.75) is 20.0 Å². The number of halogens is 1. The number of furan rings is 1. The molecule has 0 unspecified atom stereocenters. The highest BCUT2D eigenvalue weighted by atomic mass is 79.9. The lowest BCUT2D eigenvalue weighted by Gasteiger charge is -2.09. The Hall–Kier alpha value is -2.36. The molecular formula is C21H18BrN3O3S2. The van der Waals surface area contributed by atoms with Gasteiger partial charge in [0.25, 0.3) is 5.91 Å². The summed E-state index contributed by atoms with van der Waals surface area (Å²) in [6, 6.07) is 9.46. The second kappa shape index (κ2) is 8.79. The second-order valence-corrected chi connectivity index (χ2v) is 9.25. The molecule has 3 heterocycles. The van der Waals surface area contributed by atoms with Gasteiger partial charge in [0.15, 0.2) is 0 Å². The fourth-order valence-corrected chi connectivity index (χ4v) is 5.00. The highest BCUT2D eigenvalue weighted by Gasteiger charge is 2.30. The molecule has 2 amide bonds. The Morgan fingerprint density at radius 1 is 1.37 bits per heavy atom. The van der Waals surface area contributed by atoms with E-state index in [1.165, 1.54) is 11.8 Å². The van der Waals surface area contributed by atoms with Crippen molar-refractivity contribution in [3.8, 4) is 0 Å². The third-order valence-corrected chi connectivity index (χ3v) is 6.58. The second-order valence-electron chi connectivity index (χ2n) is 6.66. The van der Waals surface area contributed by atoms with E-state index in [1.807, 2.05) is 48.0 Å². The van der Waals surface area contributed by atoms with Gasteiger partial charge in [-0.25, -0.2) is 0 Å². The predicted octanol–water partition coefficient (Wildman–Crippen LogP) is 4.53. The van der Waals surface area contributed by atoms with Gasteiger partial charge in [0, 0.05) is 33.7 Å². The summed E-state index contributed by atoms with van der Waals surface area (Å²) in [7, 11) is 0. The number of likely N-dealkylation sites (N-methyl/N-ethyl adjacent to an activating group) is 1. The molecule has 1 aliphatic heterocycles. The number of rotatable bonds is 6. The average molecular weight is 504 g/mol. The van der Waals surface area contributed by atoms with Gasteiger partial charge in [-0.1, -0.05) is 39.9 Å². The number of fused-ring (bicyclic) bond motifs is 1. The molecule has 1 N–H and O–H groups in total. The number of thiocarbonyl (C=S) groups is 1. The number of aromatic nitrogens is 1. The quantitative estimate of drug-likeness (QED) is 0.395.